The highest BCUT2D eigenvalue weighted by Gasteiger charge is 2.16. The third kappa shape index (κ3) is 5.42. The van der Waals surface area contributed by atoms with Crippen LogP contribution in [-0.4, -0.2) is 46.5 Å². The molecule has 29 heavy (non-hydrogen) atoms. The number of methoxy groups -OCH3 is 2. The van der Waals surface area contributed by atoms with Gasteiger partial charge in [0.05, 0.1) is 25.9 Å². The third-order valence-electron chi connectivity index (χ3n) is 4.59. The molecule has 0 saturated carbocycles. The lowest BCUT2D eigenvalue weighted by molar-refractivity contribution is 0.0420. The summed E-state index contributed by atoms with van der Waals surface area (Å²) in [6, 6.07) is 11.6. The number of pyridine rings is 1. The number of aliphatic hydroxyl groups excluding tert-OH is 1. The van der Waals surface area contributed by atoms with Crippen molar-refractivity contribution in [1.82, 2.24) is 15.0 Å². The monoisotopic (exact) mass is 395 g/mol. The third-order valence-corrected chi connectivity index (χ3v) is 4.59. The summed E-state index contributed by atoms with van der Waals surface area (Å²) in [4.78, 5) is 12.4. The molecule has 0 spiro atoms. The molecule has 0 bridgehead atoms. The van der Waals surface area contributed by atoms with Gasteiger partial charge in [-0.2, -0.15) is 4.98 Å². The minimum Gasteiger partial charge on any atom is -0.488 e. The molecular formula is C22H25N3O4. The first-order valence-corrected chi connectivity index (χ1v) is 9.39. The standard InChI is InChI=1S/C22H25N3O4/c1-15(20(26)11-6-16-5-4-12-23-13-16)29-18-9-7-17(8-10-18)19-14-24-22(28-3)25-21(19)27-2/h4-5,7-10,12-15,20,26H,6,11H2,1-3H3/t15-,20+/m0/s1. The number of nitrogens with zero attached hydrogens (tertiary/aromatic N) is 3. The predicted molar refractivity (Wildman–Crippen MR) is 109 cm³/mol. The lowest BCUT2D eigenvalue weighted by atomic mass is 10.1. The maximum Gasteiger partial charge on any atom is 0.319 e. The number of aryl methyl sites for hydroxylation is 1. The van der Waals surface area contributed by atoms with E-state index in [1.54, 1.807) is 19.5 Å². The Bertz CT molecular complexity index is 904. The zero-order valence-electron chi connectivity index (χ0n) is 16.8. The first kappa shape index (κ1) is 20.5. The molecule has 0 aliphatic carbocycles. The summed E-state index contributed by atoms with van der Waals surface area (Å²) >= 11 is 0. The summed E-state index contributed by atoms with van der Waals surface area (Å²) in [6.07, 6.45) is 5.65. The number of hydrogen-bond donors (Lipinski definition) is 1. The Hall–Kier alpha value is -3.19. The van der Waals surface area contributed by atoms with Gasteiger partial charge in [-0.05, 0) is 49.1 Å². The van der Waals surface area contributed by atoms with Crippen LogP contribution >= 0.6 is 0 Å². The molecule has 0 fully saturated rings. The van der Waals surface area contributed by atoms with Gasteiger partial charge in [0.1, 0.15) is 11.9 Å². The normalized spacial score (nSPS) is 12.8. The number of benzene rings is 1. The number of rotatable bonds is 9. The van der Waals surface area contributed by atoms with Crippen LogP contribution in [0.3, 0.4) is 0 Å². The first-order chi connectivity index (χ1) is 14.1. The summed E-state index contributed by atoms with van der Waals surface area (Å²) in [7, 11) is 3.06. The van der Waals surface area contributed by atoms with Gasteiger partial charge in [-0.25, -0.2) is 4.98 Å². The summed E-state index contributed by atoms with van der Waals surface area (Å²) in [5.41, 5.74) is 2.74. The van der Waals surface area contributed by atoms with Crippen molar-refractivity contribution >= 4 is 0 Å². The molecule has 0 radical (unpaired) electrons. The Balaban J connectivity index is 1.61. The van der Waals surface area contributed by atoms with Crippen molar-refractivity contribution < 1.29 is 19.3 Å². The molecule has 1 N–H and O–H groups in total. The molecule has 1 aromatic carbocycles. The summed E-state index contributed by atoms with van der Waals surface area (Å²) < 4.78 is 16.3. The van der Waals surface area contributed by atoms with Crippen LogP contribution in [0.15, 0.2) is 55.0 Å². The van der Waals surface area contributed by atoms with Crippen molar-refractivity contribution in [3.8, 4) is 28.8 Å². The van der Waals surface area contributed by atoms with Crippen molar-refractivity contribution in [3.05, 3.63) is 60.6 Å². The lowest BCUT2D eigenvalue weighted by Crippen LogP contribution is -2.29. The average molecular weight is 395 g/mol. The molecule has 0 saturated heterocycles. The second kappa shape index (κ2) is 9.84. The van der Waals surface area contributed by atoms with Crippen LogP contribution in [0.4, 0.5) is 0 Å². The fourth-order valence-electron chi connectivity index (χ4n) is 2.90. The van der Waals surface area contributed by atoms with Gasteiger partial charge in [0.25, 0.3) is 0 Å². The molecule has 3 aromatic rings. The van der Waals surface area contributed by atoms with Crippen LogP contribution in [0.2, 0.25) is 0 Å². The summed E-state index contributed by atoms with van der Waals surface area (Å²) in [6.45, 7) is 1.86. The van der Waals surface area contributed by atoms with E-state index in [1.165, 1.54) is 7.11 Å². The highest BCUT2D eigenvalue weighted by Crippen LogP contribution is 2.30. The average Bonchev–Trinajstić information content (AvgIpc) is 2.78. The Morgan fingerprint density at radius 2 is 1.83 bits per heavy atom. The van der Waals surface area contributed by atoms with Crippen molar-refractivity contribution in [1.29, 1.82) is 0 Å². The van der Waals surface area contributed by atoms with Crippen LogP contribution in [0, 0.1) is 0 Å². The molecular weight excluding hydrogens is 370 g/mol. The van der Waals surface area contributed by atoms with Crippen molar-refractivity contribution in [2.24, 2.45) is 0 Å². The van der Waals surface area contributed by atoms with E-state index in [2.05, 4.69) is 15.0 Å². The fraction of sp³-hybridized carbons (Fsp3) is 0.318. The van der Waals surface area contributed by atoms with Crippen LogP contribution in [0.5, 0.6) is 17.6 Å². The van der Waals surface area contributed by atoms with E-state index in [-0.39, 0.29) is 12.1 Å². The fourth-order valence-corrected chi connectivity index (χ4v) is 2.90. The van der Waals surface area contributed by atoms with E-state index in [0.717, 1.165) is 23.1 Å². The molecule has 152 valence electrons. The minimum atomic E-state index is -0.579. The largest absolute Gasteiger partial charge is 0.488 e. The van der Waals surface area contributed by atoms with Gasteiger partial charge in [-0.3, -0.25) is 4.98 Å². The van der Waals surface area contributed by atoms with E-state index < -0.39 is 6.10 Å². The first-order valence-electron chi connectivity index (χ1n) is 9.39. The van der Waals surface area contributed by atoms with Crippen LogP contribution in [0.1, 0.15) is 18.9 Å². The Kier molecular flexibility index (Phi) is 6.97. The predicted octanol–water partition coefficient (Wildman–Crippen LogP) is 3.32. The zero-order chi connectivity index (χ0) is 20.6. The second-order valence-electron chi connectivity index (χ2n) is 6.59. The molecule has 7 heteroatoms. The topological polar surface area (TPSA) is 86.6 Å². The van der Waals surface area contributed by atoms with Gasteiger partial charge < -0.3 is 19.3 Å². The van der Waals surface area contributed by atoms with Crippen molar-refractivity contribution in [2.45, 2.75) is 32.0 Å². The van der Waals surface area contributed by atoms with Gasteiger partial charge in [-0.1, -0.05) is 18.2 Å². The molecule has 7 nitrogen and oxygen atoms in total. The smallest absolute Gasteiger partial charge is 0.319 e. The molecule has 2 atom stereocenters. The molecule has 0 aliphatic heterocycles. The van der Waals surface area contributed by atoms with Crippen molar-refractivity contribution in [2.75, 3.05) is 14.2 Å². The molecule has 3 rings (SSSR count). The molecule has 0 unspecified atom stereocenters. The van der Waals surface area contributed by atoms with Crippen molar-refractivity contribution in [3.63, 3.8) is 0 Å². The second-order valence-corrected chi connectivity index (χ2v) is 6.59. The van der Waals surface area contributed by atoms with E-state index in [1.807, 2.05) is 49.5 Å². The highest BCUT2D eigenvalue weighted by atomic mass is 16.5. The highest BCUT2D eigenvalue weighted by molar-refractivity contribution is 5.68. The Morgan fingerprint density at radius 3 is 2.48 bits per heavy atom. The van der Waals surface area contributed by atoms with E-state index in [4.69, 9.17) is 14.2 Å². The molecule has 2 heterocycles. The van der Waals surface area contributed by atoms with Gasteiger partial charge in [0.2, 0.25) is 5.88 Å². The van der Waals surface area contributed by atoms with Gasteiger partial charge in [-0.15, -0.1) is 0 Å². The summed E-state index contributed by atoms with van der Waals surface area (Å²) in [5, 5.41) is 10.4. The lowest BCUT2D eigenvalue weighted by Gasteiger charge is -2.20. The number of aliphatic hydroxyl groups is 1. The molecule has 0 aliphatic rings. The number of aromatic nitrogens is 3. The molecule has 2 aromatic heterocycles. The van der Waals surface area contributed by atoms with Crippen LogP contribution in [-0.2, 0) is 6.42 Å². The zero-order valence-corrected chi connectivity index (χ0v) is 16.8. The number of hydrogen-bond acceptors (Lipinski definition) is 7. The van der Waals surface area contributed by atoms with Gasteiger partial charge >= 0.3 is 6.01 Å². The van der Waals surface area contributed by atoms with Gasteiger partial charge in [0.15, 0.2) is 0 Å². The van der Waals surface area contributed by atoms with Gasteiger partial charge in [0, 0.05) is 18.6 Å². The van der Waals surface area contributed by atoms with Crippen LogP contribution < -0.4 is 14.2 Å². The SMILES string of the molecule is COc1ncc(-c2ccc(O[C@@H](C)[C@H](O)CCc3cccnc3)cc2)c(OC)n1. The number of ether oxygens (including phenoxy) is 3. The minimum absolute atomic E-state index is 0.250. The maximum atomic E-state index is 10.4. The Morgan fingerprint density at radius 1 is 1.03 bits per heavy atom. The molecule has 0 amide bonds. The quantitative estimate of drug-likeness (QED) is 0.595. The van der Waals surface area contributed by atoms with E-state index in [9.17, 15) is 5.11 Å². The van der Waals surface area contributed by atoms with Crippen LogP contribution in [0.25, 0.3) is 11.1 Å². The van der Waals surface area contributed by atoms with E-state index in [0.29, 0.717) is 18.1 Å². The maximum absolute atomic E-state index is 10.4. The Labute approximate surface area is 170 Å². The van der Waals surface area contributed by atoms with E-state index >= 15 is 0 Å². The summed E-state index contributed by atoms with van der Waals surface area (Å²) in [5.74, 6) is 1.11.